The van der Waals surface area contributed by atoms with Crippen molar-refractivity contribution in [3.63, 3.8) is 0 Å². The van der Waals surface area contributed by atoms with Gasteiger partial charge in [-0.25, -0.2) is 14.8 Å². The van der Waals surface area contributed by atoms with Gasteiger partial charge in [0.1, 0.15) is 11.9 Å². The molecule has 1 aromatic rings. The standard InChI is InChI=1S/C15H23N3O2/c1-12(18(5)14(19)20-15(2,3)4)7-6-8-13-9-16-11-17-10-13/h6,8-12H,7H2,1-5H3/b8-6+/t12-/m1/s1. The molecule has 20 heavy (non-hydrogen) atoms. The molecule has 1 rings (SSSR count). The van der Waals surface area contributed by atoms with Gasteiger partial charge in [0, 0.05) is 31.0 Å². The van der Waals surface area contributed by atoms with Crippen LogP contribution in [0.1, 0.15) is 39.7 Å². The molecular weight excluding hydrogens is 254 g/mol. The minimum atomic E-state index is -0.470. The highest BCUT2D eigenvalue weighted by Gasteiger charge is 2.22. The van der Waals surface area contributed by atoms with E-state index in [4.69, 9.17) is 4.74 Å². The molecule has 5 nitrogen and oxygen atoms in total. The zero-order valence-electron chi connectivity index (χ0n) is 12.8. The lowest BCUT2D eigenvalue weighted by atomic mass is 10.2. The Bertz CT molecular complexity index is 452. The van der Waals surface area contributed by atoms with Crippen LogP contribution in [0.3, 0.4) is 0 Å². The van der Waals surface area contributed by atoms with Gasteiger partial charge in [-0.3, -0.25) is 0 Å². The first-order valence-electron chi connectivity index (χ1n) is 6.67. The maximum absolute atomic E-state index is 11.9. The first-order valence-corrected chi connectivity index (χ1v) is 6.67. The summed E-state index contributed by atoms with van der Waals surface area (Å²) in [5.74, 6) is 0. The van der Waals surface area contributed by atoms with E-state index in [0.717, 1.165) is 12.0 Å². The molecule has 0 saturated carbocycles. The van der Waals surface area contributed by atoms with Crippen molar-refractivity contribution in [3.8, 4) is 0 Å². The number of aromatic nitrogens is 2. The van der Waals surface area contributed by atoms with Crippen molar-refractivity contribution >= 4 is 12.2 Å². The van der Waals surface area contributed by atoms with Gasteiger partial charge in [0.25, 0.3) is 0 Å². The van der Waals surface area contributed by atoms with E-state index in [-0.39, 0.29) is 12.1 Å². The molecule has 0 spiro atoms. The van der Waals surface area contributed by atoms with Crippen LogP contribution in [-0.2, 0) is 4.74 Å². The third kappa shape index (κ3) is 5.82. The summed E-state index contributed by atoms with van der Waals surface area (Å²) in [6.45, 7) is 7.56. The second-order valence-electron chi connectivity index (χ2n) is 5.75. The van der Waals surface area contributed by atoms with E-state index in [1.54, 1.807) is 24.3 Å². The molecule has 1 aromatic heterocycles. The highest BCUT2D eigenvalue weighted by Crippen LogP contribution is 2.12. The van der Waals surface area contributed by atoms with E-state index in [2.05, 4.69) is 9.97 Å². The van der Waals surface area contributed by atoms with E-state index in [9.17, 15) is 4.79 Å². The molecule has 0 bridgehead atoms. The Kier molecular flexibility index (Phi) is 5.67. The van der Waals surface area contributed by atoms with Gasteiger partial charge in [0.2, 0.25) is 0 Å². The van der Waals surface area contributed by atoms with Gasteiger partial charge in [-0.1, -0.05) is 12.2 Å². The van der Waals surface area contributed by atoms with Crippen LogP contribution in [-0.4, -0.2) is 39.7 Å². The van der Waals surface area contributed by atoms with E-state index in [0.29, 0.717) is 0 Å². The number of amides is 1. The molecule has 1 atom stereocenters. The minimum absolute atomic E-state index is 0.0609. The van der Waals surface area contributed by atoms with Crippen molar-refractivity contribution in [2.24, 2.45) is 0 Å². The maximum atomic E-state index is 11.9. The lowest BCUT2D eigenvalue weighted by Gasteiger charge is -2.28. The van der Waals surface area contributed by atoms with Crippen LogP contribution in [0.5, 0.6) is 0 Å². The molecule has 0 unspecified atom stereocenters. The van der Waals surface area contributed by atoms with Gasteiger partial charge < -0.3 is 9.64 Å². The molecule has 0 saturated heterocycles. The minimum Gasteiger partial charge on any atom is -0.444 e. The number of carbonyl (C=O) groups is 1. The van der Waals surface area contributed by atoms with Gasteiger partial charge in [0.05, 0.1) is 0 Å². The van der Waals surface area contributed by atoms with Gasteiger partial charge in [-0.05, 0) is 34.1 Å². The Morgan fingerprint density at radius 3 is 2.55 bits per heavy atom. The molecule has 0 fully saturated rings. The SMILES string of the molecule is C[C@H](C/C=C/c1cncnc1)N(C)C(=O)OC(C)(C)C. The fraction of sp³-hybridized carbons (Fsp3) is 0.533. The first kappa shape index (κ1) is 16.1. The molecule has 110 valence electrons. The fourth-order valence-corrected chi connectivity index (χ4v) is 1.47. The van der Waals surface area contributed by atoms with Crippen molar-refractivity contribution in [1.82, 2.24) is 14.9 Å². The van der Waals surface area contributed by atoms with Gasteiger partial charge in [-0.15, -0.1) is 0 Å². The summed E-state index contributed by atoms with van der Waals surface area (Å²) in [5.41, 5.74) is 0.474. The lowest BCUT2D eigenvalue weighted by Crippen LogP contribution is -2.39. The van der Waals surface area contributed by atoms with Crippen molar-refractivity contribution in [2.45, 2.75) is 45.8 Å². The maximum Gasteiger partial charge on any atom is 0.410 e. The molecular formula is C15H23N3O2. The molecule has 1 amide bonds. The molecule has 0 radical (unpaired) electrons. The number of hydrogen-bond donors (Lipinski definition) is 0. The monoisotopic (exact) mass is 277 g/mol. The molecule has 0 aromatic carbocycles. The summed E-state index contributed by atoms with van der Waals surface area (Å²) in [5, 5.41) is 0. The topological polar surface area (TPSA) is 55.3 Å². The lowest BCUT2D eigenvalue weighted by molar-refractivity contribution is 0.0238. The third-order valence-corrected chi connectivity index (χ3v) is 2.71. The highest BCUT2D eigenvalue weighted by molar-refractivity contribution is 5.68. The van der Waals surface area contributed by atoms with Crippen LogP contribution < -0.4 is 0 Å². The summed E-state index contributed by atoms with van der Waals surface area (Å²) >= 11 is 0. The number of hydrogen-bond acceptors (Lipinski definition) is 4. The van der Waals surface area contributed by atoms with Crippen molar-refractivity contribution in [2.75, 3.05) is 7.05 Å². The summed E-state index contributed by atoms with van der Waals surface area (Å²) in [4.78, 5) is 21.4. The van der Waals surface area contributed by atoms with E-state index < -0.39 is 5.60 Å². The van der Waals surface area contributed by atoms with Crippen LogP contribution in [0.15, 0.2) is 24.8 Å². The van der Waals surface area contributed by atoms with E-state index in [1.165, 1.54) is 6.33 Å². The Morgan fingerprint density at radius 2 is 2.00 bits per heavy atom. The second-order valence-corrected chi connectivity index (χ2v) is 5.75. The molecule has 0 aliphatic heterocycles. The highest BCUT2D eigenvalue weighted by atomic mass is 16.6. The molecule has 1 heterocycles. The number of nitrogens with zero attached hydrogens (tertiary/aromatic N) is 3. The third-order valence-electron chi connectivity index (χ3n) is 2.71. The zero-order chi connectivity index (χ0) is 15.2. The number of carbonyl (C=O) groups excluding carboxylic acids is 1. The Labute approximate surface area is 120 Å². The second kappa shape index (κ2) is 7.03. The summed E-state index contributed by atoms with van der Waals surface area (Å²) < 4.78 is 5.33. The largest absolute Gasteiger partial charge is 0.444 e. The Hall–Kier alpha value is -1.91. The van der Waals surface area contributed by atoms with Crippen molar-refractivity contribution in [3.05, 3.63) is 30.4 Å². The summed E-state index contributed by atoms with van der Waals surface area (Å²) in [6, 6.07) is 0.0609. The van der Waals surface area contributed by atoms with Crippen LogP contribution >= 0.6 is 0 Å². The van der Waals surface area contributed by atoms with Crippen molar-refractivity contribution in [1.29, 1.82) is 0 Å². The zero-order valence-corrected chi connectivity index (χ0v) is 12.8. The van der Waals surface area contributed by atoms with E-state index in [1.807, 2.05) is 39.8 Å². The summed E-state index contributed by atoms with van der Waals surface area (Å²) in [7, 11) is 1.75. The smallest absolute Gasteiger partial charge is 0.410 e. The van der Waals surface area contributed by atoms with Crippen molar-refractivity contribution < 1.29 is 9.53 Å². The normalized spacial score (nSPS) is 13.2. The predicted octanol–water partition coefficient (Wildman–Crippen LogP) is 3.14. The van der Waals surface area contributed by atoms with Crippen LogP contribution in [0, 0.1) is 0 Å². The molecule has 5 heteroatoms. The van der Waals surface area contributed by atoms with Gasteiger partial charge >= 0.3 is 6.09 Å². The average Bonchev–Trinajstić information content (AvgIpc) is 2.37. The molecule has 0 N–H and O–H groups in total. The van der Waals surface area contributed by atoms with Gasteiger partial charge in [0.15, 0.2) is 0 Å². The number of rotatable bonds is 4. The quantitative estimate of drug-likeness (QED) is 0.848. The average molecular weight is 277 g/mol. The molecule has 0 aliphatic rings. The number of ether oxygens (including phenoxy) is 1. The van der Waals surface area contributed by atoms with Crippen LogP contribution in [0.4, 0.5) is 4.79 Å². The van der Waals surface area contributed by atoms with E-state index >= 15 is 0 Å². The van der Waals surface area contributed by atoms with Crippen LogP contribution in [0.2, 0.25) is 0 Å². The first-order chi connectivity index (χ1) is 9.29. The predicted molar refractivity (Wildman–Crippen MR) is 79.1 cm³/mol. The summed E-state index contributed by atoms with van der Waals surface area (Å²) in [6.07, 6.45) is 9.36. The van der Waals surface area contributed by atoms with Crippen LogP contribution in [0.25, 0.3) is 6.08 Å². The Balaban J connectivity index is 2.48. The molecule has 0 aliphatic carbocycles. The Morgan fingerprint density at radius 1 is 1.40 bits per heavy atom. The fourth-order valence-electron chi connectivity index (χ4n) is 1.47. The van der Waals surface area contributed by atoms with Gasteiger partial charge in [-0.2, -0.15) is 0 Å².